The highest BCUT2D eigenvalue weighted by Crippen LogP contribution is 2.42. The molecule has 1 aromatic carbocycles. The number of benzene rings is 1. The SMILES string of the molecule is COc1cc(F)ccc1C(N)C(O)(CSC)C(F)(F)F. The lowest BCUT2D eigenvalue weighted by Gasteiger charge is -2.35. The van der Waals surface area contributed by atoms with Crippen molar-refractivity contribution in [3.8, 4) is 5.75 Å². The third-order valence-corrected chi connectivity index (χ3v) is 3.63. The average molecular weight is 313 g/mol. The highest BCUT2D eigenvalue weighted by molar-refractivity contribution is 7.98. The van der Waals surface area contributed by atoms with Crippen LogP contribution >= 0.6 is 11.8 Å². The van der Waals surface area contributed by atoms with Gasteiger partial charge in [-0.1, -0.05) is 6.07 Å². The zero-order valence-corrected chi connectivity index (χ0v) is 11.7. The topological polar surface area (TPSA) is 55.5 Å². The van der Waals surface area contributed by atoms with Crippen LogP contribution in [-0.4, -0.2) is 36.0 Å². The van der Waals surface area contributed by atoms with Gasteiger partial charge in [0.2, 0.25) is 0 Å². The lowest BCUT2D eigenvalue weighted by atomic mass is 9.89. The Morgan fingerprint density at radius 2 is 2.00 bits per heavy atom. The van der Waals surface area contributed by atoms with Crippen LogP contribution in [0.5, 0.6) is 5.75 Å². The summed E-state index contributed by atoms with van der Waals surface area (Å²) < 4.78 is 57.1. The molecule has 2 atom stereocenters. The molecule has 0 aliphatic rings. The predicted molar refractivity (Wildman–Crippen MR) is 69.3 cm³/mol. The van der Waals surface area contributed by atoms with Gasteiger partial charge in [-0.3, -0.25) is 0 Å². The van der Waals surface area contributed by atoms with Crippen LogP contribution in [0.15, 0.2) is 18.2 Å². The fraction of sp³-hybridized carbons (Fsp3) is 0.500. The Kier molecular flexibility index (Phi) is 5.28. The summed E-state index contributed by atoms with van der Waals surface area (Å²) in [5.41, 5.74) is 2.35. The maximum Gasteiger partial charge on any atom is 0.419 e. The zero-order valence-electron chi connectivity index (χ0n) is 10.9. The molecule has 0 radical (unpaired) electrons. The molecule has 3 N–H and O–H groups in total. The molecule has 0 saturated heterocycles. The van der Waals surface area contributed by atoms with Crippen molar-refractivity contribution in [1.82, 2.24) is 0 Å². The van der Waals surface area contributed by atoms with Crippen LogP contribution in [-0.2, 0) is 0 Å². The van der Waals surface area contributed by atoms with Gasteiger partial charge in [0.25, 0.3) is 0 Å². The number of hydrogen-bond donors (Lipinski definition) is 2. The normalized spacial score (nSPS) is 16.6. The molecule has 0 aliphatic heterocycles. The number of thioether (sulfide) groups is 1. The second kappa shape index (κ2) is 6.19. The maximum absolute atomic E-state index is 13.1. The first kappa shape index (κ1) is 17.1. The molecular formula is C12H15F4NO2S. The van der Waals surface area contributed by atoms with E-state index in [4.69, 9.17) is 10.5 Å². The molecule has 0 heterocycles. The van der Waals surface area contributed by atoms with Gasteiger partial charge in [0.1, 0.15) is 11.6 Å². The zero-order chi connectivity index (χ0) is 15.6. The third-order valence-electron chi connectivity index (χ3n) is 2.90. The van der Waals surface area contributed by atoms with Crippen molar-refractivity contribution in [2.75, 3.05) is 19.1 Å². The van der Waals surface area contributed by atoms with Gasteiger partial charge >= 0.3 is 6.18 Å². The Bertz CT molecular complexity index is 469. The smallest absolute Gasteiger partial charge is 0.419 e. The standard InChI is InChI=1S/C12H15F4NO2S/c1-19-9-5-7(13)3-4-8(9)10(17)11(18,6-20-2)12(14,15)16/h3-5,10,18H,6,17H2,1-2H3. The van der Waals surface area contributed by atoms with Gasteiger partial charge in [-0.2, -0.15) is 24.9 Å². The van der Waals surface area contributed by atoms with Crippen LogP contribution in [0.25, 0.3) is 0 Å². The van der Waals surface area contributed by atoms with E-state index in [-0.39, 0.29) is 11.3 Å². The van der Waals surface area contributed by atoms with Gasteiger partial charge < -0.3 is 15.6 Å². The van der Waals surface area contributed by atoms with Gasteiger partial charge in [-0.25, -0.2) is 4.39 Å². The van der Waals surface area contributed by atoms with Crippen LogP contribution in [0.2, 0.25) is 0 Å². The van der Waals surface area contributed by atoms with Gasteiger partial charge in [0.05, 0.1) is 13.2 Å². The van der Waals surface area contributed by atoms with Crippen molar-refractivity contribution in [3.05, 3.63) is 29.6 Å². The van der Waals surface area contributed by atoms with Gasteiger partial charge in [0.15, 0.2) is 5.60 Å². The summed E-state index contributed by atoms with van der Waals surface area (Å²) >= 11 is 0.810. The number of nitrogens with two attached hydrogens (primary N) is 1. The van der Waals surface area contributed by atoms with Crippen LogP contribution in [0, 0.1) is 5.82 Å². The van der Waals surface area contributed by atoms with E-state index in [1.54, 1.807) is 0 Å². The second-order valence-corrected chi connectivity index (χ2v) is 5.08. The van der Waals surface area contributed by atoms with Crippen molar-refractivity contribution >= 4 is 11.8 Å². The molecule has 0 saturated carbocycles. The highest BCUT2D eigenvalue weighted by Gasteiger charge is 2.58. The first-order chi connectivity index (χ1) is 9.17. The summed E-state index contributed by atoms with van der Waals surface area (Å²) in [5, 5.41) is 9.94. The van der Waals surface area contributed by atoms with Crippen molar-refractivity contribution in [2.24, 2.45) is 5.73 Å². The van der Waals surface area contributed by atoms with E-state index in [1.807, 2.05) is 0 Å². The second-order valence-electron chi connectivity index (χ2n) is 4.22. The monoisotopic (exact) mass is 313 g/mol. The van der Waals surface area contributed by atoms with E-state index in [2.05, 4.69) is 0 Å². The van der Waals surface area contributed by atoms with Crippen LogP contribution in [0.4, 0.5) is 17.6 Å². The Balaban J connectivity index is 3.29. The number of ether oxygens (including phenoxy) is 1. The molecular weight excluding hydrogens is 298 g/mol. The Labute approximate surface area is 118 Å². The highest BCUT2D eigenvalue weighted by atomic mass is 32.2. The lowest BCUT2D eigenvalue weighted by molar-refractivity contribution is -0.258. The molecule has 0 aliphatic carbocycles. The lowest BCUT2D eigenvalue weighted by Crippen LogP contribution is -2.55. The minimum absolute atomic E-state index is 0.109. The van der Waals surface area contributed by atoms with Crippen molar-refractivity contribution in [1.29, 1.82) is 0 Å². The summed E-state index contributed by atoms with van der Waals surface area (Å²) in [5.74, 6) is -1.45. The Morgan fingerprint density at radius 3 is 2.45 bits per heavy atom. The summed E-state index contributed by atoms with van der Waals surface area (Å²) in [4.78, 5) is 0. The van der Waals surface area contributed by atoms with E-state index >= 15 is 0 Å². The predicted octanol–water partition coefficient (Wildman–Crippen LogP) is 2.49. The van der Waals surface area contributed by atoms with Gasteiger partial charge in [-0.05, 0) is 12.3 Å². The minimum Gasteiger partial charge on any atom is -0.496 e. The van der Waals surface area contributed by atoms with Crippen molar-refractivity contribution < 1.29 is 27.4 Å². The fourth-order valence-electron chi connectivity index (χ4n) is 1.77. The van der Waals surface area contributed by atoms with Crippen LogP contribution in [0.3, 0.4) is 0 Å². The number of rotatable bonds is 5. The van der Waals surface area contributed by atoms with E-state index in [9.17, 15) is 22.7 Å². The number of hydrogen-bond acceptors (Lipinski definition) is 4. The number of aliphatic hydroxyl groups is 1. The summed E-state index contributed by atoms with van der Waals surface area (Å²) in [6, 6.07) is 1.18. The first-order valence-corrected chi connectivity index (χ1v) is 6.93. The molecule has 114 valence electrons. The van der Waals surface area contributed by atoms with E-state index in [1.165, 1.54) is 13.4 Å². The van der Waals surface area contributed by atoms with E-state index < -0.39 is 29.4 Å². The quantitative estimate of drug-likeness (QED) is 0.820. The molecule has 8 heteroatoms. The molecule has 0 spiro atoms. The van der Waals surface area contributed by atoms with E-state index in [0.29, 0.717) is 0 Å². The van der Waals surface area contributed by atoms with Gasteiger partial charge in [-0.15, -0.1) is 0 Å². The molecule has 1 aromatic rings. The summed E-state index contributed by atoms with van der Waals surface area (Å²) in [6.45, 7) is 0. The summed E-state index contributed by atoms with van der Waals surface area (Å²) in [6.07, 6.45) is -3.50. The molecule has 1 rings (SSSR count). The van der Waals surface area contributed by atoms with Crippen LogP contribution < -0.4 is 10.5 Å². The molecule has 20 heavy (non-hydrogen) atoms. The number of alkyl halides is 3. The average Bonchev–Trinajstić information content (AvgIpc) is 2.36. The third kappa shape index (κ3) is 3.18. The molecule has 0 fully saturated rings. The van der Waals surface area contributed by atoms with E-state index in [0.717, 1.165) is 30.0 Å². The molecule has 0 bridgehead atoms. The minimum atomic E-state index is -4.92. The molecule has 0 amide bonds. The van der Waals surface area contributed by atoms with Crippen molar-refractivity contribution in [3.63, 3.8) is 0 Å². The maximum atomic E-state index is 13.1. The van der Waals surface area contributed by atoms with Crippen LogP contribution in [0.1, 0.15) is 11.6 Å². The largest absolute Gasteiger partial charge is 0.496 e. The number of halogens is 4. The number of methoxy groups -OCH3 is 1. The molecule has 0 aromatic heterocycles. The molecule has 3 nitrogen and oxygen atoms in total. The Morgan fingerprint density at radius 1 is 1.40 bits per heavy atom. The fourth-order valence-corrected chi connectivity index (χ4v) is 2.55. The van der Waals surface area contributed by atoms with Gasteiger partial charge in [0, 0.05) is 17.4 Å². The Hall–Kier alpha value is -0.990. The van der Waals surface area contributed by atoms with Crippen molar-refractivity contribution in [2.45, 2.75) is 17.8 Å². The first-order valence-electron chi connectivity index (χ1n) is 5.54. The summed E-state index contributed by atoms with van der Waals surface area (Å²) in [7, 11) is 1.19. The molecule has 2 unspecified atom stereocenters.